The SMILES string of the molecule is Bc1ccc2c(c1)c(C1CC1)nn2C(C)CC. The standard InChI is InChI=1S/C14H19BN2/c1-3-9(2)17-13-7-6-11(15)8-12(13)14(16-17)10-4-5-10/h6-10H,3-5,15H2,1-2H3. The Balaban J connectivity index is 2.22. The van der Waals surface area contributed by atoms with Crippen LogP contribution in [0.25, 0.3) is 10.9 Å². The molecule has 2 nitrogen and oxygen atoms in total. The zero-order valence-electron chi connectivity index (χ0n) is 10.9. The molecule has 1 unspecified atom stereocenters. The molecular formula is C14H19BN2. The molecule has 0 aliphatic heterocycles. The highest BCUT2D eigenvalue weighted by Crippen LogP contribution is 2.42. The Morgan fingerprint density at radius 3 is 2.88 bits per heavy atom. The van der Waals surface area contributed by atoms with E-state index in [1.807, 2.05) is 0 Å². The van der Waals surface area contributed by atoms with E-state index in [0.29, 0.717) is 6.04 Å². The molecule has 0 amide bonds. The van der Waals surface area contributed by atoms with E-state index in [4.69, 9.17) is 5.10 Å². The Kier molecular flexibility index (Phi) is 2.50. The Hall–Kier alpha value is -1.25. The van der Waals surface area contributed by atoms with Gasteiger partial charge in [-0.25, -0.2) is 0 Å². The molecule has 0 spiro atoms. The molecule has 88 valence electrons. The number of aromatic nitrogens is 2. The molecule has 0 N–H and O–H groups in total. The first-order chi connectivity index (χ1) is 8.20. The van der Waals surface area contributed by atoms with Crippen LogP contribution in [0.5, 0.6) is 0 Å². The van der Waals surface area contributed by atoms with E-state index in [-0.39, 0.29) is 0 Å². The summed E-state index contributed by atoms with van der Waals surface area (Å²) in [5.74, 6) is 0.726. The second-order valence-corrected chi connectivity index (χ2v) is 5.38. The summed E-state index contributed by atoms with van der Waals surface area (Å²) < 4.78 is 2.22. The predicted molar refractivity (Wildman–Crippen MR) is 74.9 cm³/mol. The van der Waals surface area contributed by atoms with Gasteiger partial charge in [0.2, 0.25) is 0 Å². The summed E-state index contributed by atoms with van der Waals surface area (Å²) in [5.41, 5.74) is 3.99. The van der Waals surface area contributed by atoms with Crippen molar-refractivity contribution in [1.29, 1.82) is 0 Å². The number of hydrogen-bond donors (Lipinski definition) is 0. The molecule has 1 atom stereocenters. The van der Waals surface area contributed by atoms with Crippen molar-refractivity contribution in [3.05, 3.63) is 23.9 Å². The minimum Gasteiger partial charge on any atom is -0.262 e. The van der Waals surface area contributed by atoms with E-state index in [1.165, 1.54) is 34.9 Å². The van der Waals surface area contributed by atoms with E-state index in [0.717, 1.165) is 12.3 Å². The molecule has 0 saturated heterocycles. The zero-order chi connectivity index (χ0) is 12.0. The average Bonchev–Trinajstić information content (AvgIpc) is 3.10. The van der Waals surface area contributed by atoms with Crippen molar-refractivity contribution >= 4 is 24.2 Å². The molecule has 1 aromatic heterocycles. The average molecular weight is 226 g/mol. The van der Waals surface area contributed by atoms with Crippen LogP contribution in [0.2, 0.25) is 0 Å². The highest BCUT2D eigenvalue weighted by Gasteiger charge is 2.29. The molecule has 1 heterocycles. The lowest BCUT2D eigenvalue weighted by atomic mass is 9.94. The number of hydrogen-bond acceptors (Lipinski definition) is 1. The third-order valence-electron chi connectivity index (χ3n) is 3.86. The molecule has 1 aliphatic carbocycles. The second kappa shape index (κ2) is 3.90. The highest BCUT2D eigenvalue weighted by atomic mass is 15.3. The summed E-state index contributed by atoms with van der Waals surface area (Å²) in [6.45, 7) is 4.48. The van der Waals surface area contributed by atoms with Crippen molar-refractivity contribution in [3.8, 4) is 0 Å². The van der Waals surface area contributed by atoms with Crippen LogP contribution in [-0.4, -0.2) is 17.6 Å². The first kappa shape index (κ1) is 10.9. The van der Waals surface area contributed by atoms with Gasteiger partial charge in [0.25, 0.3) is 0 Å². The summed E-state index contributed by atoms with van der Waals surface area (Å²) in [6.07, 6.45) is 3.77. The molecule has 0 radical (unpaired) electrons. The van der Waals surface area contributed by atoms with Crippen molar-refractivity contribution in [3.63, 3.8) is 0 Å². The van der Waals surface area contributed by atoms with Gasteiger partial charge in [-0.1, -0.05) is 24.5 Å². The van der Waals surface area contributed by atoms with Crippen molar-refractivity contribution in [1.82, 2.24) is 9.78 Å². The van der Waals surface area contributed by atoms with Crippen molar-refractivity contribution in [2.75, 3.05) is 0 Å². The van der Waals surface area contributed by atoms with Crippen LogP contribution in [0.15, 0.2) is 18.2 Å². The largest absolute Gasteiger partial charge is 0.262 e. The van der Waals surface area contributed by atoms with Gasteiger partial charge in [-0.15, -0.1) is 0 Å². The summed E-state index contributed by atoms with van der Waals surface area (Å²) in [5, 5.41) is 6.26. The molecule has 0 bridgehead atoms. The monoisotopic (exact) mass is 226 g/mol. The van der Waals surface area contributed by atoms with Crippen LogP contribution in [0.4, 0.5) is 0 Å². The maximum Gasteiger partial charge on any atom is 0.139 e. The van der Waals surface area contributed by atoms with Gasteiger partial charge in [0.15, 0.2) is 0 Å². The Labute approximate surface area is 103 Å². The summed E-state index contributed by atoms with van der Waals surface area (Å²) in [4.78, 5) is 0. The number of benzene rings is 1. The molecule has 1 fully saturated rings. The molecule has 3 heteroatoms. The quantitative estimate of drug-likeness (QED) is 0.733. The van der Waals surface area contributed by atoms with Crippen molar-refractivity contribution < 1.29 is 0 Å². The van der Waals surface area contributed by atoms with Gasteiger partial charge in [-0.05, 0) is 32.3 Å². The molecule has 1 aromatic carbocycles. The summed E-state index contributed by atoms with van der Waals surface area (Å²) in [6, 6.07) is 7.22. The van der Waals surface area contributed by atoms with Gasteiger partial charge in [-0.3, -0.25) is 4.68 Å². The van der Waals surface area contributed by atoms with E-state index < -0.39 is 0 Å². The van der Waals surface area contributed by atoms with Crippen LogP contribution in [0.1, 0.15) is 50.8 Å². The highest BCUT2D eigenvalue weighted by molar-refractivity contribution is 6.33. The van der Waals surface area contributed by atoms with Gasteiger partial charge in [0, 0.05) is 17.3 Å². The molecule has 1 saturated carbocycles. The summed E-state index contributed by atoms with van der Waals surface area (Å²) in [7, 11) is 2.16. The first-order valence-corrected chi connectivity index (χ1v) is 6.69. The molecule has 3 rings (SSSR count). The lowest BCUT2D eigenvalue weighted by molar-refractivity contribution is 0.488. The smallest absolute Gasteiger partial charge is 0.139 e. The lowest BCUT2D eigenvalue weighted by Gasteiger charge is -2.10. The Morgan fingerprint density at radius 2 is 2.24 bits per heavy atom. The number of fused-ring (bicyclic) bond motifs is 1. The molecule has 1 aliphatic rings. The number of nitrogens with zero attached hydrogens (tertiary/aromatic N) is 2. The fourth-order valence-electron chi connectivity index (χ4n) is 2.45. The normalized spacial score (nSPS) is 17.5. The summed E-state index contributed by atoms with van der Waals surface area (Å²) >= 11 is 0. The topological polar surface area (TPSA) is 17.8 Å². The third kappa shape index (κ3) is 1.78. The van der Waals surface area contributed by atoms with Gasteiger partial charge in [0.05, 0.1) is 11.2 Å². The fourth-order valence-corrected chi connectivity index (χ4v) is 2.45. The molecular weight excluding hydrogens is 207 g/mol. The van der Waals surface area contributed by atoms with Crippen LogP contribution in [-0.2, 0) is 0 Å². The minimum atomic E-state index is 0.493. The first-order valence-electron chi connectivity index (χ1n) is 6.69. The van der Waals surface area contributed by atoms with Gasteiger partial charge in [0.1, 0.15) is 7.85 Å². The van der Waals surface area contributed by atoms with E-state index in [9.17, 15) is 0 Å². The van der Waals surface area contributed by atoms with Gasteiger partial charge >= 0.3 is 0 Å². The Bertz CT molecular complexity index is 555. The minimum absolute atomic E-state index is 0.493. The van der Waals surface area contributed by atoms with Crippen molar-refractivity contribution in [2.24, 2.45) is 0 Å². The Morgan fingerprint density at radius 1 is 1.47 bits per heavy atom. The maximum absolute atomic E-state index is 4.88. The number of rotatable bonds is 3. The van der Waals surface area contributed by atoms with E-state index >= 15 is 0 Å². The lowest BCUT2D eigenvalue weighted by Crippen LogP contribution is -2.06. The molecule has 2 aromatic rings. The van der Waals surface area contributed by atoms with Crippen molar-refractivity contribution in [2.45, 2.75) is 45.1 Å². The third-order valence-corrected chi connectivity index (χ3v) is 3.86. The van der Waals surface area contributed by atoms with Gasteiger partial charge < -0.3 is 0 Å². The maximum atomic E-state index is 4.88. The van der Waals surface area contributed by atoms with Gasteiger partial charge in [-0.2, -0.15) is 5.10 Å². The van der Waals surface area contributed by atoms with Crippen LogP contribution >= 0.6 is 0 Å². The van der Waals surface area contributed by atoms with Crippen LogP contribution < -0.4 is 5.46 Å². The van der Waals surface area contributed by atoms with Crippen LogP contribution in [0, 0.1) is 0 Å². The van der Waals surface area contributed by atoms with E-state index in [1.54, 1.807) is 0 Å². The molecule has 17 heavy (non-hydrogen) atoms. The zero-order valence-corrected chi connectivity index (χ0v) is 10.9. The second-order valence-electron chi connectivity index (χ2n) is 5.38. The predicted octanol–water partition coefficient (Wildman–Crippen LogP) is 2.14. The van der Waals surface area contributed by atoms with E-state index in [2.05, 4.69) is 44.6 Å². The fraction of sp³-hybridized carbons (Fsp3) is 0.500. The van der Waals surface area contributed by atoms with Crippen LogP contribution in [0.3, 0.4) is 0 Å².